The van der Waals surface area contributed by atoms with Crippen LogP contribution in [0.4, 0.5) is 0 Å². The number of nitrogens with one attached hydrogen (secondary N) is 2. The molecule has 0 amide bonds. The monoisotopic (exact) mass is 743 g/mol. The fourth-order valence-corrected chi connectivity index (χ4v) is 0.563. The van der Waals surface area contributed by atoms with Gasteiger partial charge in [-0.25, -0.2) is 0 Å². The van der Waals surface area contributed by atoms with Crippen molar-refractivity contribution in [2.45, 2.75) is 6.92 Å². The second kappa shape index (κ2) is 10.5. The van der Waals surface area contributed by atoms with Gasteiger partial charge in [-0.05, 0) is 0 Å². The molecule has 0 unspecified atom stereocenters. The van der Waals surface area contributed by atoms with Crippen LogP contribution >= 0.6 is 59.9 Å². The van der Waals surface area contributed by atoms with E-state index in [2.05, 4.69) is 70.1 Å². The van der Waals surface area contributed by atoms with E-state index in [9.17, 15) is 4.79 Å². The Morgan fingerprint density at radius 3 is 1.93 bits per heavy atom. The molecular formula is C5H7I3N2O2VW-. The predicted octanol–water partition coefficient (Wildman–Crippen LogP) is 2.55. The van der Waals surface area contributed by atoms with Gasteiger partial charge in [0.15, 0.2) is 5.56 Å². The summed E-state index contributed by atoms with van der Waals surface area (Å²) >= 11 is 7.39. The van der Waals surface area contributed by atoms with Crippen LogP contribution in [0.1, 0.15) is 11.3 Å². The van der Waals surface area contributed by atoms with Gasteiger partial charge in [0.05, 0.1) is 0 Å². The zero-order valence-electron chi connectivity index (χ0n) is 6.92. The quantitative estimate of drug-likeness (QED) is 0.306. The van der Waals surface area contributed by atoms with Crippen molar-refractivity contribution in [2.24, 2.45) is 0 Å². The van der Waals surface area contributed by atoms with E-state index in [1.165, 1.54) is 0 Å². The van der Waals surface area contributed by atoms with Crippen LogP contribution in [0.5, 0.6) is 0 Å². The van der Waals surface area contributed by atoms with Crippen molar-refractivity contribution in [2.75, 3.05) is 0 Å². The van der Waals surface area contributed by atoms with Gasteiger partial charge in [-0.3, -0.25) is 9.89 Å². The van der Waals surface area contributed by atoms with E-state index >= 15 is 0 Å². The largest absolute Gasteiger partial charge is 0 e. The molecule has 0 atom stereocenters. The number of rotatable bonds is 1. The molecule has 0 radical (unpaired) electrons. The number of aromatic amines is 2. The smallest absolute Gasteiger partial charge is 0 e. The van der Waals surface area contributed by atoms with Gasteiger partial charge in [-0.15, -0.1) is 12.5 Å². The van der Waals surface area contributed by atoms with Crippen LogP contribution in [-0.4, -0.2) is 15.3 Å². The molecule has 0 spiro atoms. The summed E-state index contributed by atoms with van der Waals surface area (Å²) in [6.07, 6.45) is 0. The molecule has 82 valence electrons. The van der Waals surface area contributed by atoms with Gasteiger partial charge in [-0.1, -0.05) is 12.3 Å². The Morgan fingerprint density at radius 2 is 1.79 bits per heavy atom. The number of aliphatic hydroxyl groups is 1. The Bertz CT molecular complexity index is 301. The SMILES string of the molecule is Cc1c([CH-]O)[nH][nH]c1=O.[I][V]([I])[I].[W]. The summed E-state index contributed by atoms with van der Waals surface area (Å²) in [7, 11) is 0. The number of hydrogen-bond acceptors (Lipinski definition) is 2. The van der Waals surface area contributed by atoms with Crippen molar-refractivity contribution in [3.05, 3.63) is 28.2 Å². The zero-order chi connectivity index (χ0) is 10.4. The molecule has 0 aliphatic rings. The molecule has 4 nitrogen and oxygen atoms in total. The van der Waals surface area contributed by atoms with Crippen LogP contribution < -0.4 is 5.56 Å². The van der Waals surface area contributed by atoms with Gasteiger partial charge in [0.25, 0.3) is 0 Å². The van der Waals surface area contributed by atoms with Crippen molar-refractivity contribution in [1.29, 1.82) is 0 Å². The Kier molecular flexibility index (Phi) is 13.9. The Labute approximate surface area is 134 Å². The van der Waals surface area contributed by atoms with Crippen molar-refractivity contribution in [1.82, 2.24) is 10.2 Å². The second-order valence-electron chi connectivity index (χ2n) is 1.94. The first-order valence-corrected chi connectivity index (χ1v) is 16.5. The van der Waals surface area contributed by atoms with Gasteiger partial charge >= 0.3 is 64.9 Å². The van der Waals surface area contributed by atoms with E-state index < -0.39 is 0 Å². The third kappa shape index (κ3) is 8.45. The molecule has 1 aromatic rings. The summed E-state index contributed by atoms with van der Waals surface area (Å²) in [5, 5.41) is 13.2. The van der Waals surface area contributed by atoms with Gasteiger partial charge in [0.1, 0.15) is 0 Å². The number of H-pyrrole nitrogens is 2. The third-order valence-corrected chi connectivity index (χ3v) is 1.18. The minimum absolute atomic E-state index is 0. The summed E-state index contributed by atoms with van der Waals surface area (Å²) < 4.78 is 0. The molecule has 0 saturated carbocycles. The van der Waals surface area contributed by atoms with E-state index in [4.69, 9.17) is 5.11 Å². The minimum Gasteiger partial charge on any atom is 0 e. The normalized spacial score (nSPS) is 8.71. The van der Waals surface area contributed by atoms with E-state index in [1.807, 2.05) is 0 Å². The topological polar surface area (TPSA) is 68.9 Å². The van der Waals surface area contributed by atoms with Gasteiger partial charge < -0.3 is 10.2 Å². The summed E-state index contributed by atoms with van der Waals surface area (Å²) in [6, 6.07) is 0. The molecule has 0 aliphatic heterocycles. The zero-order valence-corrected chi connectivity index (χ0v) is 17.7. The predicted molar refractivity (Wildman–Crippen MR) is 73.5 cm³/mol. The first-order valence-electron chi connectivity index (χ1n) is 3.01. The maximum atomic E-state index is 10.6. The summed E-state index contributed by atoms with van der Waals surface area (Å²) in [5.74, 6) is 0. The van der Waals surface area contributed by atoms with Crippen LogP contribution in [0, 0.1) is 13.5 Å². The fraction of sp³-hybridized carbons (Fsp3) is 0.200. The molecule has 0 aromatic carbocycles. The Balaban J connectivity index is 0. The van der Waals surface area contributed by atoms with Crippen molar-refractivity contribution < 1.29 is 31.1 Å². The van der Waals surface area contributed by atoms with E-state index in [1.54, 1.807) is 6.92 Å². The average Bonchev–Trinajstić information content (AvgIpc) is 2.32. The molecule has 1 aromatic heterocycles. The van der Waals surface area contributed by atoms with Crippen LogP contribution in [-0.2, 0) is 26.0 Å². The van der Waals surface area contributed by atoms with Crippen LogP contribution in [0.15, 0.2) is 4.79 Å². The second-order valence-corrected chi connectivity index (χ2v) is 37.3. The average molecular weight is 743 g/mol. The number of aliphatic hydroxyl groups excluding tert-OH is 1. The van der Waals surface area contributed by atoms with Gasteiger partial charge in [0, 0.05) is 21.1 Å². The molecular weight excluding hydrogens is 736 g/mol. The summed E-state index contributed by atoms with van der Waals surface area (Å²) in [6.45, 7) is 2.48. The van der Waals surface area contributed by atoms with Crippen LogP contribution in [0.3, 0.4) is 0 Å². The van der Waals surface area contributed by atoms with E-state index in [0.29, 0.717) is 11.3 Å². The third-order valence-electron chi connectivity index (χ3n) is 1.18. The number of aromatic nitrogens is 2. The first kappa shape index (κ1) is 18.7. The molecule has 1 heterocycles. The van der Waals surface area contributed by atoms with E-state index in [-0.39, 0.29) is 31.5 Å². The van der Waals surface area contributed by atoms with E-state index in [0.717, 1.165) is 6.61 Å². The first-order chi connectivity index (χ1) is 5.99. The molecule has 0 aliphatic carbocycles. The van der Waals surface area contributed by atoms with Crippen LogP contribution in [0.25, 0.3) is 0 Å². The molecule has 1 rings (SSSR count). The number of hydrogen-bond donors (Lipinski definition) is 3. The minimum atomic E-state index is -0.278. The van der Waals surface area contributed by atoms with Crippen LogP contribution in [0.2, 0.25) is 0 Å². The molecule has 9 heteroatoms. The summed E-state index contributed by atoms with van der Waals surface area (Å²) in [4.78, 5) is 10.3. The number of halogens is 3. The van der Waals surface area contributed by atoms with Crippen molar-refractivity contribution in [3.8, 4) is 0 Å². The summed E-state index contributed by atoms with van der Waals surface area (Å²) in [5.41, 5.74) is 0.729. The molecule has 0 fully saturated rings. The van der Waals surface area contributed by atoms with Gasteiger partial charge in [-0.2, -0.15) is 0 Å². The standard InChI is InChI=1S/C5H7N2O2.3HI.V.W/c1-3-4(2-8)6-7-5(3)9;;;;;/h2,8H,1H3,(H2,6,7,9);3*1H;;/q-1;;;;+3;/p-3. The molecule has 0 saturated heterocycles. The molecule has 3 N–H and O–H groups in total. The van der Waals surface area contributed by atoms with Gasteiger partial charge in [0.2, 0.25) is 0 Å². The van der Waals surface area contributed by atoms with Crippen molar-refractivity contribution in [3.63, 3.8) is 0 Å². The molecule has 14 heavy (non-hydrogen) atoms. The fourth-order valence-electron chi connectivity index (χ4n) is 0.563. The van der Waals surface area contributed by atoms with Crippen molar-refractivity contribution >= 4 is 59.9 Å². The Hall–Kier alpha value is 2.30. The molecule has 0 bridgehead atoms. The Morgan fingerprint density at radius 1 is 1.36 bits per heavy atom. The maximum Gasteiger partial charge on any atom is 0 e. The maximum absolute atomic E-state index is 10.6.